The molecule has 8 aromatic rings. The van der Waals surface area contributed by atoms with Gasteiger partial charge in [0.2, 0.25) is 5.91 Å². The van der Waals surface area contributed by atoms with Gasteiger partial charge in [-0.2, -0.15) is 10.2 Å². The Hall–Kier alpha value is -8.58. The average Bonchev–Trinajstić information content (AvgIpc) is 1.66. The Morgan fingerprint density at radius 2 is 0.827 bits per heavy atom. The van der Waals surface area contributed by atoms with Crippen molar-refractivity contribution in [3.63, 3.8) is 0 Å². The molecule has 19 nitrogen and oxygen atoms in total. The highest BCUT2D eigenvalue weighted by molar-refractivity contribution is 6.31. The number of carboxylic acids is 2. The van der Waals surface area contributed by atoms with Crippen molar-refractivity contribution in [3.05, 3.63) is 198 Å². The van der Waals surface area contributed by atoms with E-state index in [9.17, 15) is 55.9 Å². The third-order valence-corrected chi connectivity index (χ3v) is 17.6. The molecule has 104 heavy (non-hydrogen) atoms. The van der Waals surface area contributed by atoms with Crippen molar-refractivity contribution in [2.24, 2.45) is 34.8 Å². The number of hydrogen-bond donors (Lipinski definition) is 7. The van der Waals surface area contributed by atoms with Gasteiger partial charge in [0.05, 0.1) is 49.1 Å². The van der Waals surface area contributed by atoms with E-state index in [1.54, 1.807) is 104 Å². The van der Waals surface area contributed by atoms with Crippen LogP contribution >= 0.6 is 46.4 Å². The number of carboxylic acid groups (broad SMARTS) is 2. The Balaban J connectivity index is 0.000000343. The van der Waals surface area contributed by atoms with Crippen molar-refractivity contribution in [3.8, 4) is 0 Å². The minimum Gasteiger partial charge on any atom is -0.481 e. The highest BCUT2D eigenvalue weighted by Crippen LogP contribution is 2.25. The number of primary amides is 2. The van der Waals surface area contributed by atoms with Gasteiger partial charge in [0.15, 0.2) is 17.2 Å². The second-order valence-corrected chi connectivity index (χ2v) is 26.2. The summed E-state index contributed by atoms with van der Waals surface area (Å²) in [7, 11) is 0. The summed E-state index contributed by atoms with van der Waals surface area (Å²) in [5, 5.41) is 29.4. The first-order valence-electron chi connectivity index (χ1n) is 34.5. The van der Waals surface area contributed by atoms with Crippen molar-refractivity contribution in [2.75, 3.05) is 0 Å². The molecule has 11 N–H and O–H groups in total. The summed E-state index contributed by atoms with van der Waals surface area (Å²) in [6.07, 6.45) is 12.5. The second-order valence-electron chi connectivity index (χ2n) is 24.6. The number of fused-ring (bicyclic) bond motifs is 2. The zero-order chi connectivity index (χ0) is 77.6. The van der Waals surface area contributed by atoms with Gasteiger partial charge in [-0.25, -0.2) is 17.6 Å². The molecule has 0 saturated carbocycles. The van der Waals surface area contributed by atoms with Crippen molar-refractivity contribution in [1.82, 2.24) is 24.9 Å². The van der Waals surface area contributed by atoms with Gasteiger partial charge in [-0.3, -0.25) is 47.7 Å². The van der Waals surface area contributed by atoms with E-state index in [2.05, 4.69) is 36.3 Å². The topological polar surface area (TPSA) is 329 Å². The molecule has 0 aliphatic carbocycles. The second kappa shape index (κ2) is 47.7. The average molecular weight is 1520 g/mol. The van der Waals surface area contributed by atoms with Crippen LogP contribution in [0.3, 0.4) is 0 Å². The standard InChI is InChI=1S/C24H26ClFN4O3.C15H20ClFO.C14H19ClFNO.C10H9N3O3.C7H7ClFN.C7H14O2/c1-2-3-10-18(20(31)13-12-15-7-6-9-17(25)22(15)26)28-21(32)14-30-19-11-5-4-8-16(19)23(29-30)24(27)33;1-3-4-6-11(2)14(18)10-9-12-7-5-8-13(16)15(12)17;1-2-3-7-12(17)13(18)9-8-10-5-4-6-11(15)14(10)16;11-10(16)9-6-3-1-2-4-7(6)13(12-9)5-8(14)15;8-6-3-1-2-5(4-10)7(6)9;1-3-4-5-6(2)7(8)9/h4-9,11,18H,2-3,10,12-14H2,1H3,(H2,27,33)(H,28,32);5,7-8,11H,3-4,6,9-10H2,1-2H3;4-6,12H,2-3,7-9,17H2,1H3;1-4H,5H2,(H2,11,16)(H,14,15);1-3H,4,10H2;6H,3-5H2,1-2H3,(H,8,9)/t18-;11-;12-;;;6-/m000..0/s1. The number of carbonyl (C=O) groups is 8. The minimum atomic E-state index is -1.02. The molecule has 0 saturated heterocycles. The predicted octanol–water partition coefficient (Wildman–Crippen LogP) is 16.2. The molecule has 564 valence electrons. The number of nitrogens with zero attached hydrogens (tertiary/aromatic N) is 4. The number of aryl methyl sites for hydroxylation is 3. The number of carbonyl (C=O) groups excluding carboxylic acids is 6. The van der Waals surface area contributed by atoms with E-state index in [4.69, 9.17) is 79.6 Å². The van der Waals surface area contributed by atoms with Crippen molar-refractivity contribution < 1.29 is 66.1 Å². The molecule has 0 fully saturated rings. The van der Waals surface area contributed by atoms with Crippen LogP contribution in [-0.4, -0.2) is 88.9 Å². The lowest BCUT2D eigenvalue weighted by Crippen LogP contribution is -2.42. The molecule has 0 aliphatic rings. The van der Waals surface area contributed by atoms with E-state index in [0.717, 1.165) is 64.2 Å². The molecule has 2 aromatic heterocycles. The number of hydrogen-bond acceptors (Lipinski definition) is 12. The fourth-order valence-electron chi connectivity index (χ4n) is 10.3. The summed E-state index contributed by atoms with van der Waals surface area (Å²) in [6, 6.07) is 31.9. The van der Waals surface area contributed by atoms with Crippen LogP contribution in [0.1, 0.15) is 181 Å². The van der Waals surface area contributed by atoms with E-state index >= 15 is 0 Å². The van der Waals surface area contributed by atoms with Crippen LogP contribution in [0, 0.1) is 35.1 Å². The first-order chi connectivity index (χ1) is 49.5. The van der Waals surface area contributed by atoms with Crippen LogP contribution in [0.2, 0.25) is 20.1 Å². The largest absolute Gasteiger partial charge is 0.481 e. The number of ketones is 3. The van der Waals surface area contributed by atoms with Gasteiger partial charge in [-0.1, -0.05) is 224 Å². The van der Waals surface area contributed by atoms with Crippen LogP contribution in [0.15, 0.2) is 121 Å². The molecular formula is C77H95Cl4F4N9O10. The number of aliphatic carboxylic acids is 2. The van der Waals surface area contributed by atoms with Crippen molar-refractivity contribution in [1.29, 1.82) is 0 Å². The van der Waals surface area contributed by atoms with Crippen LogP contribution < -0.4 is 28.3 Å². The number of para-hydroxylation sites is 2. The number of rotatable bonds is 33. The minimum absolute atomic E-state index is 0.0113. The van der Waals surface area contributed by atoms with Gasteiger partial charge in [-0.15, -0.1) is 0 Å². The molecule has 8 rings (SSSR count). The molecule has 0 spiro atoms. The molecule has 0 unspecified atom stereocenters. The van der Waals surface area contributed by atoms with Gasteiger partial charge in [0.25, 0.3) is 11.8 Å². The molecule has 6 aromatic carbocycles. The van der Waals surface area contributed by atoms with Gasteiger partial charge < -0.3 is 38.5 Å². The first-order valence-corrected chi connectivity index (χ1v) is 36.0. The molecule has 0 bridgehead atoms. The Labute approximate surface area is 624 Å². The van der Waals surface area contributed by atoms with E-state index in [0.29, 0.717) is 76.2 Å². The maximum absolute atomic E-state index is 14.1. The SMILES string of the molecule is CCCC[C@H](C)C(=O)CCc1cccc(Cl)c1F.CCCC[C@H](C)C(=O)O.CCCC[C@H](N)C(=O)CCc1cccc(Cl)c1F.CCCC[C@H](NC(=O)Cn1nc(C(N)=O)c2ccccc21)C(=O)CCc1cccc(Cl)c1F.NC(=O)c1nn(CC(=O)O)c2ccccc12.NCc1cccc(Cl)c1F. The predicted molar refractivity (Wildman–Crippen MR) is 402 cm³/mol. The number of halogens is 8. The van der Waals surface area contributed by atoms with Crippen LogP contribution in [0.5, 0.6) is 0 Å². The zero-order valence-corrected chi connectivity index (χ0v) is 62.5. The Kier molecular flexibility index (Phi) is 41.1. The highest BCUT2D eigenvalue weighted by Gasteiger charge is 2.24. The summed E-state index contributed by atoms with van der Waals surface area (Å²) in [5.74, 6) is -5.31. The fraction of sp³-hybridized carbons (Fsp3) is 0.403. The third-order valence-electron chi connectivity index (χ3n) is 16.4. The van der Waals surface area contributed by atoms with Gasteiger partial charge >= 0.3 is 11.9 Å². The number of nitrogens with two attached hydrogens (primary N) is 4. The van der Waals surface area contributed by atoms with Gasteiger partial charge in [-0.05, 0) is 98.0 Å². The molecular weight excluding hydrogens is 1430 g/mol. The number of nitrogens with one attached hydrogen (secondary N) is 1. The van der Waals surface area contributed by atoms with E-state index in [-0.39, 0.29) is 99.6 Å². The number of unbranched alkanes of at least 4 members (excludes halogenated alkanes) is 4. The monoisotopic (exact) mass is 1520 g/mol. The maximum Gasteiger partial charge on any atom is 0.325 e. The van der Waals surface area contributed by atoms with Crippen LogP contribution in [0.25, 0.3) is 21.8 Å². The summed E-state index contributed by atoms with van der Waals surface area (Å²) in [4.78, 5) is 92.9. The van der Waals surface area contributed by atoms with Crippen molar-refractivity contribution in [2.45, 2.75) is 189 Å². The Morgan fingerprint density at radius 3 is 1.21 bits per heavy atom. The Morgan fingerprint density at radius 1 is 0.471 bits per heavy atom. The molecule has 4 atom stereocenters. The number of amides is 3. The van der Waals surface area contributed by atoms with Crippen molar-refractivity contribution >= 4 is 115 Å². The first kappa shape index (κ1) is 89.6. The lowest BCUT2D eigenvalue weighted by atomic mass is 9.95. The smallest absolute Gasteiger partial charge is 0.325 e. The number of benzene rings is 6. The Bertz CT molecular complexity index is 4040. The van der Waals surface area contributed by atoms with Crippen LogP contribution in [-0.2, 0) is 67.7 Å². The quantitative estimate of drug-likeness (QED) is 0.0188. The summed E-state index contributed by atoms with van der Waals surface area (Å²) >= 11 is 22.7. The zero-order valence-electron chi connectivity index (χ0n) is 59.5. The van der Waals surface area contributed by atoms with E-state index in [1.165, 1.54) is 33.6 Å². The summed E-state index contributed by atoms with van der Waals surface area (Å²) < 4.78 is 56.8. The highest BCUT2D eigenvalue weighted by atomic mass is 35.5. The number of aromatic nitrogens is 4. The summed E-state index contributed by atoms with van der Waals surface area (Å²) in [5.41, 5.74) is 24.7. The lowest BCUT2D eigenvalue weighted by molar-refractivity contribution is -0.141. The van der Waals surface area contributed by atoms with Gasteiger partial charge in [0, 0.05) is 48.1 Å². The molecule has 2 heterocycles. The fourth-order valence-corrected chi connectivity index (χ4v) is 11.1. The maximum atomic E-state index is 14.1. The molecule has 27 heteroatoms. The van der Waals surface area contributed by atoms with Crippen LogP contribution in [0.4, 0.5) is 17.6 Å². The van der Waals surface area contributed by atoms with E-state index < -0.39 is 65.0 Å². The molecule has 0 aliphatic heterocycles. The molecule has 0 radical (unpaired) electrons. The number of Topliss-reactive ketones (excluding diaryl/α,β-unsaturated/α-hetero) is 3. The molecule has 3 amide bonds. The van der Waals surface area contributed by atoms with E-state index in [1.807, 2.05) is 13.8 Å². The summed E-state index contributed by atoms with van der Waals surface area (Å²) in [6.45, 7) is 11.6. The third kappa shape index (κ3) is 30.2. The lowest BCUT2D eigenvalue weighted by Gasteiger charge is -2.18. The normalized spacial score (nSPS) is 11.8. The van der Waals surface area contributed by atoms with Gasteiger partial charge in [0.1, 0.15) is 47.9 Å².